The molecule has 16 heavy (non-hydrogen) atoms. The van der Waals surface area contributed by atoms with Gasteiger partial charge in [0.05, 0.1) is 5.41 Å². The van der Waals surface area contributed by atoms with E-state index in [4.69, 9.17) is 0 Å². The molecule has 0 amide bonds. The molecular weight excluding hydrogens is 220 g/mol. The Morgan fingerprint density at radius 3 is 2.75 bits per heavy atom. The largest absolute Gasteiger partial charge is 0.481 e. The third-order valence-corrected chi connectivity index (χ3v) is 4.88. The summed E-state index contributed by atoms with van der Waals surface area (Å²) >= 11 is 1.92. The average molecular weight is 244 g/mol. The molecule has 0 heterocycles. The molecule has 94 valence electrons. The maximum atomic E-state index is 11.4. The highest BCUT2D eigenvalue weighted by Crippen LogP contribution is 2.46. The van der Waals surface area contributed by atoms with E-state index in [1.807, 2.05) is 11.8 Å². The van der Waals surface area contributed by atoms with E-state index < -0.39 is 5.97 Å². The predicted molar refractivity (Wildman–Crippen MR) is 69.9 cm³/mol. The molecule has 1 rings (SSSR count). The van der Waals surface area contributed by atoms with E-state index in [2.05, 4.69) is 13.8 Å². The lowest BCUT2D eigenvalue weighted by Gasteiger charge is -2.24. The summed E-state index contributed by atoms with van der Waals surface area (Å²) in [5.41, 5.74) is -0.380. The highest BCUT2D eigenvalue weighted by molar-refractivity contribution is 7.99. The number of hydrogen-bond donors (Lipinski definition) is 1. The fourth-order valence-electron chi connectivity index (χ4n) is 2.77. The molecule has 2 unspecified atom stereocenters. The third kappa shape index (κ3) is 3.41. The molecule has 0 saturated heterocycles. The van der Waals surface area contributed by atoms with Crippen molar-refractivity contribution in [3.63, 3.8) is 0 Å². The molecule has 1 saturated carbocycles. The summed E-state index contributed by atoms with van der Waals surface area (Å²) in [7, 11) is 0. The lowest BCUT2D eigenvalue weighted by Crippen LogP contribution is -2.28. The van der Waals surface area contributed by atoms with Gasteiger partial charge >= 0.3 is 5.97 Å². The molecule has 2 nitrogen and oxygen atoms in total. The van der Waals surface area contributed by atoms with Crippen LogP contribution in [0.4, 0.5) is 0 Å². The molecule has 0 aromatic rings. The van der Waals surface area contributed by atoms with Crippen LogP contribution in [0.25, 0.3) is 0 Å². The Bertz CT molecular complexity index is 230. The van der Waals surface area contributed by atoms with Crippen molar-refractivity contribution >= 4 is 17.7 Å². The molecule has 0 aliphatic heterocycles. The SMILES string of the molecule is CCSCCCC1(C(=O)O)CCC(CC)C1. The summed E-state index contributed by atoms with van der Waals surface area (Å²) in [6.07, 6.45) is 6.00. The van der Waals surface area contributed by atoms with Gasteiger partial charge in [0.15, 0.2) is 0 Å². The Labute approximate surface area is 103 Å². The maximum absolute atomic E-state index is 11.4. The van der Waals surface area contributed by atoms with Crippen molar-refractivity contribution in [2.24, 2.45) is 11.3 Å². The Kier molecular flexibility index (Phi) is 5.67. The van der Waals surface area contributed by atoms with Crippen molar-refractivity contribution in [3.05, 3.63) is 0 Å². The molecule has 1 fully saturated rings. The molecular formula is C13H24O2S. The van der Waals surface area contributed by atoms with Gasteiger partial charge in [-0.15, -0.1) is 0 Å². The first-order valence-corrected chi connectivity index (χ1v) is 7.61. The van der Waals surface area contributed by atoms with Crippen molar-refractivity contribution in [1.82, 2.24) is 0 Å². The van der Waals surface area contributed by atoms with Crippen LogP contribution in [0, 0.1) is 11.3 Å². The van der Waals surface area contributed by atoms with Crippen LogP contribution in [0.1, 0.15) is 52.4 Å². The lowest BCUT2D eigenvalue weighted by molar-refractivity contribution is -0.149. The average Bonchev–Trinajstić information content (AvgIpc) is 2.69. The van der Waals surface area contributed by atoms with Crippen molar-refractivity contribution in [2.75, 3.05) is 11.5 Å². The van der Waals surface area contributed by atoms with Crippen LogP contribution in [0.15, 0.2) is 0 Å². The minimum absolute atomic E-state index is 0.380. The predicted octanol–water partition coefficient (Wildman–Crippen LogP) is 3.80. The summed E-state index contributed by atoms with van der Waals surface area (Å²) in [5.74, 6) is 2.35. The smallest absolute Gasteiger partial charge is 0.309 e. The zero-order valence-electron chi connectivity index (χ0n) is 10.5. The van der Waals surface area contributed by atoms with E-state index in [0.29, 0.717) is 5.92 Å². The second-order valence-corrected chi connectivity index (χ2v) is 6.30. The van der Waals surface area contributed by atoms with E-state index in [9.17, 15) is 9.90 Å². The van der Waals surface area contributed by atoms with Crippen LogP contribution < -0.4 is 0 Å². The maximum Gasteiger partial charge on any atom is 0.309 e. The molecule has 2 atom stereocenters. The third-order valence-electron chi connectivity index (χ3n) is 3.89. The molecule has 3 heteroatoms. The van der Waals surface area contributed by atoms with Crippen LogP contribution in [0.2, 0.25) is 0 Å². The van der Waals surface area contributed by atoms with Crippen LogP contribution >= 0.6 is 11.8 Å². The van der Waals surface area contributed by atoms with Gasteiger partial charge < -0.3 is 5.11 Å². The number of carbonyl (C=O) groups is 1. The normalized spacial score (nSPS) is 29.5. The fourth-order valence-corrected chi connectivity index (χ4v) is 3.41. The van der Waals surface area contributed by atoms with Gasteiger partial charge in [-0.1, -0.05) is 20.3 Å². The molecule has 0 aromatic heterocycles. The zero-order valence-corrected chi connectivity index (χ0v) is 11.3. The Balaban J connectivity index is 2.45. The number of aliphatic carboxylic acids is 1. The first kappa shape index (κ1) is 13.9. The number of carboxylic acid groups (broad SMARTS) is 1. The highest BCUT2D eigenvalue weighted by Gasteiger charge is 2.44. The Hall–Kier alpha value is -0.180. The molecule has 0 spiro atoms. The summed E-state index contributed by atoms with van der Waals surface area (Å²) in [6, 6.07) is 0. The quantitative estimate of drug-likeness (QED) is 0.692. The zero-order chi connectivity index (χ0) is 12.0. The van der Waals surface area contributed by atoms with Gasteiger partial charge in [0.2, 0.25) is 0 Å². The van der Waals surface area contributed by atoms with Gasteiger partial charge in [0.1, 0.15) is 0 Å². The Morgan fingerprint density at radius 2 is 2.25 bits per heavy atom. The lowest BCUT2D eigenvalue weighted by atomic mass is 9.81. The molecule has 0 radical (unpaired) electrons. The van der Waals surface area contributed by atoms with Crippen molar-refractivity contribution in [2.45, 2.75) is 52.4 Å². The first-order valence-electron chi connectivity index (χ1n) is 6.45. The van der Waals surface area contributed by atoms with E-state index in [1.165, 1.54) is 0 Å². The van der Waals surface area contributed by atoms with Gasteiger partial charge in [-0.2, -0.15) is 11.8 Å². The number of hydrogen-bond acceptors (Lipinski definition) is 2. The molecule has 1 aliphatic carbocycles. The van der Waals surface area contributed by atoms with Crippen LogP contribution in [-0.2, 0) is 4.79 Å². The van der Waals surface area contributed by atoms with Crippen molar-refractivity contribution in [1.29, 1.82) is 0 Å². The summed E-state index contributed by atoms with van der Waals surface area (Å²) in [5, 5.41) is 9.43. The van der Waals surface area contributed by atoms with Gasteiger partial charge in [0, 0.05) is 0 Å². The monoisotopic (exact) mass is 244 g/mol. The van der Waals surface area contributed by atoms with E-state index >= 15 is 0 Å². The summed E-state index contributed by atoms with van der Waals surface area (Å²) in [4.78, 5) is 11.4. The number of carboxylic acids is 1. The number of thioether (sulfide) groups is 1. The van der Waals surface area contributed by atoms with E-state index in [1.54, 1.807) is 0 Å². The van der Waals surface area contributed by atoms with Crippen molar-refractivity contribution in [3.8, 4) is 0 Å². The standard InChI is InChI=1S/C13H24O2S/c1-3-11-6-8-13(10-11,12(14)15)7-5-9-16-4-2/h11H,3-10H2,1-2H3,(H,14,15). The molecule has 1 N–H and O–H groups in total. The van der Waals surface area contributed by atoms with Crippen molar-refractivity contribution < 1.29 is 9.90 Å². The fraction of sp³-hybridized carbons (Fsp3) is 0.923. The summed E-state index contributed by atoms with van der Waals surface area (Å²) in [6.45, 7) is 4.33. The Morgan fingerprint density at radius 1 is 1.50 bits per heavy atom. The van der Waals surface area contributed by atoms with Gasteiger partial charge in [0.25, 0.3) is 0 Å². The first-order chi connectivity index (χ1) is 7.64. The van der Waals surface area contributed by atoms with E-state index in [0.717, 1.165) is 50.0 Å². The van der Waals surface area contributed by atoms with Crippen LogP contribution in [0.3, 0.4) is 0 Å². The minimum atomic E-state index is -0.551. The second kappa shape index (κ2) is 6.53. The van der Waals surface area contributed by atoms with Crippen LogP contribution in [-0.4, -0.2) is 22.6 Å². The van der Waals surface area contributed by atoms with E-state index in [-0.39, 0.29) is 5.41 Å². The van der Waals surface area contributed by atoms with Gasteiger partial charge in [-0.05, 0) is 49.5 Å². The second-order valence-electron chi connectivity index (χ2n) is 4.90. The molecule has 1 aliphatic rings. The highest BCUT2D eigenvalue weighted by atomic mass is 32.2. The molecule has 0 bridgehead atoms. The number of rotatable bonds is 7. The topological polar surface area (TPSA) is 37.3 Å². The van der Waals surface area contributed by atoms with Gasteiger partial charge in [-0.3, -0.25) is 4.79 Å². The molecule has 0 aromatic carbocycles. The van der Waals surface area contributed by atoms with Crippen LogP contribution in [0.5, 0.6) is 0 Å². The summed E-state index contributed by atoms with van der Waals surface area (Å²) < 4.78 is 0. The van der Waals surface area contributed by atoms with Gasteiger partial charge in [-0.25, -0.2) is 0 Å². The minimum Gasteiger partial charge on any atom is -0.481 e.